The second-order valence-corrected chi connectivity index (χ2v) is 7.05. The summed E-state index contributed by atoms with van der Waals surface area (Å²) in [7, 11) is 1.16. The smallest absolute Gasteiger partial charge is 0.338 e. The molecule has 1 aromatic heterocycles. The van der Waals surface area contributed by atoms with Crippen LogP contribution in [0.25, 0.3) is 11.0 Å². The van der Waals surface area contributed by atoms with Crippen molar-refractivity contribution in [2.45, 2.75) is 12.8 Å². The molecule has 158 valence electrons. The fourth-order valence-electron chi connectivity index (χ4n) is 3.49. The van der Waals surface area contributed by atoms with E-state index < -0.39 is 22.5 Å². The van der Waals surface area contributed by atoms with Crippen LogP contribution in [-0.2, 0) is 4.74 Å². The highest BCUT2D eigenvalue weighted by Gasteiger charge is 2.23. The first-order valence-electron chi connectivity index (χ1n) is 9.67. The maximum Gasteiger partial charge on any atom is 0.338 e. The van der Waals surface area contributed by atoms with Crippen LogP contribution in [0.5, 0.6) is 0 Å². The van der Waals surface area contributed by atoms with Crippen LogP contribution < -0.4 is 10.2 Å². The highest BCUT2D eigenvalue weighted by Crippen LogP contribution is 2.28. The number of nitrogens with one attached hydrogen (secondary N) is 1. The largest absolute Gasteiger partial charge is 0.465 e. The number of amides is 1. The molecule has 10 nitrogen and oxygen atoms in total. The third-order valence-electron chi connectivity index (χ3n) is 5.00. The Bertz CT molecular complexity index is 1190. The Kier molecular flexibility index (Phi) is 5.44. The second-order valence-electron chi connectivity index (χ2n) is 7.05. The summed E-state index contributed by atoms with van der Waals surface area (Å²) < 4.78 is 4.64. The van der Waals surface area contributed by atoms with Gasteiger partial charge in [0.1, 0.15) is 0 Å². The van der Waals surface area contributed by atoms with E-state index in [4.69, 9.17) is 0 Å². The Labute approximate surface area is 177 Å². The number of ether oxygens (including phenoxy) is 1. The number of non-ortho nitro benzene ring substituents is 1. The molecule has 0 unspecified atom stereocenters. The molecule has 3 aromatic rings. The molecule has 1 fully saturated rings. The molecule has 0 saturated carbocycles. The molecule has 1 N–H and O–H groups in total. The number of nitro groups is 1. The number of para-hydroxylation sites is 2. The number of aromatic nitrogens is 2. The minimum atomic E-state index is -0.777. The van der Waals surface area contributed by atoms with Gasteiger partial charge in [-0.05, 0) is 31.0 Å². The SMILES string of the molecule is COC(=O)c1cc(C(=O)Nc2nc3ccccc3nc2N2CCCC2)cc([N+](=O)[O-])c1. The summed E-state index contributed by atoms with van der Waals surface area (Å²) in [4.78, 5) is 46.7. The minimum Gasteiger partial charge on any atom is -0.465 e. The summed E-state index contributed by atoms with van der Waals surface area (Å²) in [6.07, 6.45) is 2.02. The van der Waals surface area contributed by atoms with Gasteiger partial charge in [0, 0.05) is 30.8 Å². The van der Waals surface area contributed by atoms with Crippen LogP contribution >= 0.6 is 0 Å². The van der Waals surface area contributed by atoms with Gasteiger partial charge >= 0.3 is 5.97 Å². The van der Waals surface area contributed by atoms with Crippen LogP contribution in [0.2, 0.25) is 0 Å². The molecule has 1 aliphatic heterocycles. The van der Waals surface area contributed by atoms with E-state index in [1.54, 1.807) is 6.07 Å². The second kappa shape index (κ2) is 8.34. The van der Waals surface area contributed by atoms with E-state index in [1.807, 2.05) is 23.1 Å². The molecule has 0 atom stereocenters. The van der Waals surface area contributed by atoms with Crippen molar-refractivity contribution in [2.75, 3.05) is 30.4 Å². The number of nitrogens with zero attached hydrogens (tertiary/aromatic N) is 4. The van der Waals surface area contributed by atoms with Crippen LogP contribution in [0.4, 0.5) is 17.3 Å². The van der Waals surface area contributed by atoms with Crippen LogP contribution in [0, 0.1) is 10.1 Å². The molecule has 31 heavy (non-hydrogen) atoms. The Morgan fingerprint density at radius 1 is 1.06 bits per heavy atom. The number of benzene rings is 2. The maximum absolute atomic E-state index is 13.0. The normalized spacial score (nSPS) is 13.3. The number of anilines is 2. The first kappa shape index (κ1) is 20.2. The van der Waals surface area contributed by atoms with E-state index in [-0.39, 0.29) is 16.9 Å². The fraction of sp³-hybridized carbons (Fsp3) is 0.238. The van der Waals surface area contributed by atoms with E-state index in [9.17, 15) is 19.7 Å². The minimum absolute atomic E-state index is 0.0584. The van der Waals surface area contributed by atoms with Crippen molar-refractivity contribution in [1.82, 2.24) is 9.97 Å². The topological polar surface area (TPSA) is 128 Å². The number of rotatable bonds is 5. The predicted octanol–water partition coefficient (Wildman–Crippen LogP) is 3.18. The zero-order valence-corrected chi connectivity index (χ0v) is 16.7. The zero-order chi connectivity index (χ0) is 22.0. The molecule has 2 aromatic carbocycles. The monoisotopic (exact) mass is 421 g/mol. The molecule has 0 aliphatic carbocycles. The third kappa shape index (κ3) is 4.13. The predicted molar refractivity (Wildman–Crippen MR) is 113 cm³/mol. The Morgan fingerprint density at radius 2 is 1.71 bits per heavy atom. The zero-order valence-electron chi connectivity index (χ0n) is 16.7. The van der Waals surface area contributed by atoms with Gasteiger partial charge in [0.25, 0.3) is 11.6 Å². The van der Waals surface area contributed by atoms with E-state index in [1.165, 1.54) is 6.07 Å². The van der Waals surface area contributed by atoms with Crippen LogP contribution in [0.15, 0.2) is 42.5 Å². The molecule has 2 heterocycles. The summed E-state index contributed by atoms with van der Waals surface area (Å²) in [5.41, 5.74) is 0.765. The lowest BCUT2D eigenvalue weighted by atomic mass is 10.1. The highest BCUT2D eigenvalue weighted by molar-refractivity contribution is 6.07. The number of methoxy groups -OCH3 is 1. The number of carbonyl (C=O) groups is 2. The van der Waals surface area contributed by atoms with Crippen molar-refractivity contribution < 1.29 is 19.2 Å². The number of nitro benzene ring substituents is 1. The van der Waals surface area contributed by atoms with Gasteiger partial charge in [0.05, 0.1) is 28.6 Å². The number of hydrogen-bond donors (Lipinski definition) is 1. The first-order valence-corrected chi connectivity index (χ1v) is 9.67. The van der Waals surface area contributed by atoms with Gasteiger partial charge in [-0.1, -0.05) is 12.1 Å². The third-order valence-corrected chi connectivity index (χ3v) is 5.00. The van der Waals surface area contributed by atoms with E-state index >= 15 is 0 Å². The lowest BCUT2D eigenvalue weighted by Crippen LogP contribution is -2.23. The molecule has 0 spiro atoms. The highest BCUT2D eigenvalue weighted by atomic mass is 16.6. The van der Waals surface area contributed by atoms with E-state index in [0.717, 1.165) is 45.2 Å². The van der Waals surface area contributed by atoms with Crippen molar-refractivity contribution in [1.29, 1.82) is 0 Å². The Hall–Kier alpha value is -4.08. The Balaban J connectivity index is 1.74. The summed E-state index contributed by atoms with van der Waals surface area (Å²) >= 11 is 0. The molecule has 1 amide bonds. The summed E-state index contributed by atoms with van der Waals surface area (Å²) in [6, 6.07) is 10.7. The van der Waals surface area contributed by atoms with Crippen molar-refractivity contribution >= 4 is 40.2 Å². The fourth-order valence-corrected chi connectivity index (χ4v) is 3.49. The van der Waals surface area contributed by atoms with Gasteiger partial charge in [-0.15, -0.1) is 0 Å². The van der Waals surface area contributed by atoms with Gasteiger partial charge in [-0.25, -0.2) is 14.8 Å². The summed E-state index contributed by atoms with van der Waals surface area (Å²) in [5, 5.41) is 14.0. The van der Waals surface area contributed by atoms with Gasteiger partial charge in [-0.2, -0.15) is 0 Å². The van der Waals surface area contributed by atoms with E-state index in [2.05, 4.69) is 20.0 Å². The molecular weight excluding hydrogens is 402 g/mol. The number of carbonyl (C=O) groups excluding carboxylic acids is 2. The van der Waals surface area contributed by atoms with Crippen LogP contribution in [0.3, 0.4) is 0 Å². The van der Waals surface area contributed by atoms with E-state index in [0.29, 0.717) is 16.9 Å². The lowest BCUT2D eigenvalue weighted by molar-refractivity contribution is -0.384. The number of fused-ring (bicyclic) bond motifs is 1. The van der Waals surface area contributed by atoms with Gasteiger partial charge < -0.3 is 15.0 Å². The first-order chi connectivity index (χ1) is 15.0. The molecule has 1 saturated heterocycles. The number of hydrogen-bond acceptors (Lipinski definition) is 8. The van der Waals surface area contributed by atoms with Gasteiger partial charge in [0.2, 0.25) is 0 Å². The maximum atomic E-state index is 13.0. The van der Waals surface area contributed by atoms with Gasteiger partial charge in [0.15, 0.2) is 11.6 Å². The molecule has 10 heteroatoms. The molecule has 1 aliphatic rings. The molecule has 0 bridgehead atoms. The molecular formula is C21H19N5O5. The quantitative estimate of drug-likeness (QED) is 0.378. The van der Waals surface area contributed by atoms with Crippen molar-refractivity contribution in [3.8, 4) is 0 Å². The van der Waals surface area contributed by atoms with Crippen molar-refractivity contribution in [3.63, 3.8) is 0 Å². The van der Waals surface area contributed by atoms with Gasteiger partial charge in [-0.3, -0.25) is 14.9 Å². The average Bonchev–Trinajstić information content (AvgIpc) is 3.32. The molecule has 0 radical (unpaired) electrons. The molecule has 4 rings (SSSR count). The number of esters is 1. The standard InChI is InChI=1S/C21H19N5O5/c1-31-21(28)14-10-13(11-15(12-14)26(29)30)20(27)24-18-19(25-8-4-5-9-25)23-17-7-3-2-6-16(17)22-18/h2-3,6-7,10-12H,4-5,8-9H2,1H3,(H,22,24,27). The van der Waals surface area contributed by atoms with Crippen molar-refractivity contribution in [2.24, 2.45) is 0 Å². The van der Waals surface area contributed by atoms with Crippen LogP contribution in [0.1, 0.15) is 33.6 Å². The Morgan fingerprint density at radius 3 is 2.35 bits per heavy atom. The summed E-state index contributed by atoms with van der Waals surface area (Å²) in [6.45, 7) is 1.58. The summed E-state index contributed by atoms with van der Waals surface area (Å²) in [5.74, 6) is -0.611. The van der Waals surface area contributed by atoms with Crippen molar-refractivity contribution in [3.05, 3.63) is 63.7 Å². The average molecular weight is 421 g/mol. The lowest BCUT2D eigenvalue weighted by Gasteiger charge is -2.20. The van der Waals surface area contributed by atoms with Crippen LogP contribution in [-0.4, -0.2) is 47.0 Å².